The molecule has 0 spiro atoms. The highest BCUT2D eigenvalue weighted by Crippen LogP contribution is 2.41. The molecule has 0 radical (unpaired) electrons. The van der Waals surface area contributed by atoms with E-state index in [0.717, 1.165) is 85.3 Å². The first-order valence-electron chi connectivity index (χ1n) is 22.0. The molecule has 16 nitrogen and oxygen atoms in total. The first kappa shape index (κ1) is 39.8. The van der Waals surface area contributed by atoms with Crippen LogP contribution in [-0.2, 0) is 0 Å². The Hall–Kier alpha value is -7.04. The Bertz CT molecular complexity index is 3130. The number of H-pyrrole nitrogens is 4. The fourth-order valence-corrected chi connectivity index (χ4v) is 10.5. The Labute approximate surface area is 366 Å². The number of para-hydroxylation sites is 4. The zero-order valence-corrected chi connectivity index (χ0v) is 35.6. The second-order valence-corrected chi connectivity index (χ2v) is 17.5. The molecule has 0 amide bonds. The molecule has 0 aliphatic carbocycles. The van der Waals surface area contributed by atoms with Gasteiger partial charge in [0.25, 0.3) is 11.1 Å². The number of nitrogens with zero attached hydrogens (tertiary/aromatic N) is 4. The zero-order valence-electron chi connectivity index (χ0n) is 35.6. The molecule has 4 aromatic carbocycles. The predicted octanol–water partition coefficient (Wildman–Crippen LogP) is 6.58. The van der Waals surface area contributed by atoms with Crippen LogP contribution in [0.2, 0.25) is 0 Å². The number of piperidine rings is 6. The Balaban J connectivity index is 0.000000143. The van der Waals surface area contributed by atoms with Gasteiger partial charge in [-0.2, -0.15) is 0 Å². The SMILES string of the molecule is COc1cc2[nH]c(=O)c(-c3nc4ccccc4[nH]3)c(NC3CN4CCC3CC4)c2cc1OC.O=c1[nH]c2cc(O)c(O)cc2c(NC2CN3CCC2CC3)c1-c1nc2ccccc2[nH]1. The van der Waals surface area contributed by atoms with Crippen LogP contribution in [-0.4, -0.2) is 115 Å². The lowest BCUT2D eigenvalue weighted by Gasteiger charge is -2.45. The second-order valence-electron chi connectivity index (χ2n) is 17.5. The fraction of sp³-hybridized carbons (Fsp3) is 0.333. The molecule has 0 saturated carbocycles. The number of benzene rings is 4. The molecule has 6 aliphatic heterocycles. The molecule has 16 heteroatoms. The summed E-state index contributed by atoms with van der Waals surface area (Å²) >= 11 is 0. The van der Waals surface area contributed by atoms with Gasteiger partial charge >= 0.3 is 0 Å². The first-order valence-corrected chi connectivity index (χ1v) is 22.0. The highest BCUT2D eigenvalue weighted by Gasteiger charge is 2.37. The third-order valence-electron chi connectivity index (χ3n) is 13.9. The number of imidazole rings is 2. The van der Waals surface area contributed by atoms with Crippen molar-refractivity contribution in [1.82, 2.24) is 39.7 Å². The fourth-order valence-electron chi connectivity index (χ4n) is 10.5. The smallest absolute Gasteiger partial charge is 0.261 e. The van der Waals surface area contributed by atoms with Gasteiger partial charge in [-0.1, -0.05) is 24.3 Å². The van der Waals surface area contributed by atoms with Gasteiger partial charge in [-0.3, -0.25) is 9.59 Å². The number of pyridine rings is 2. The number of fused-ring (bicyclic) bond motifs is 10. The van der Waals surface area contributed by atoms with Crippen molar-refractivity contribution in [3.8, 4) is 45.8 Å². The van der Waals surface area contributed by atoms with Crippen molar-refractivity contribution in [2.24, 2.45) is 11.8 Å². The van der Waals surface area contributed by atoms with E-state index < -0.39 is 0 Å². The van der Waals surface area contributed by atoms with Gasteiger partial charge in [0.15, 0.2) is 23.0 Å². The van der Waals surface area contributed by atoms with Gasteiger partial charge in [-0.25, -0.2) is 9.97 Å². The van der Waals surface area contributed by atoms with Gasteiger partial charge in [-0.15, -0.1) is 0 Å². The van der Waals surface area contributed by atoms with Crippen LogP contribution in [0.3, 0.4) is 0 Å². The van der Waals surface area contributed by atoms with Gasteiger partial charge in [0.1, 0.15) is 22.8 Å². The third-order valence-corrected chi connectivity index (χ3v) is 13.9. The predicted molar refractivity (Wildman–Crippen MR) is 249 cm³/mol. The van der Waals surface area contributed by atoms with Gasteiger partial charge in [0, 0.05) is 48.1 Å². The summed E-state index contributed by atoms with van der Waals surface area (Å²) in [5.74, 6) is 2.84. The number of methoxy groups -OCH3 is 2. The average molecular weight is 863 g/mol. The minimum absolute atomic E-state index is 0.197. The van der Waals surface area contributed by atoms with Crippen molar-refractivity contribution < 1.29 is 19.7 Å². The number of hydrogen-bond acceptors (Lipinski definition) is 12. The molecule has 14 rings (SSSR count). The zero-order chi connectivity index (χ0) is 43.6. The number of hydrogen-bond donors (Lipinski definition) is 8. The van der Waals surface area contributed by atoms with E-state index in [4.69, 9.17) is 14.5 Å². The van der Waals surface area contributed by atoms with Crippen LogP contribution in [0.4, 0.5) is 11.4 Å². The number of aromatic amines is 4. The van der Waals surface area contributed by atoms with E-state index >= 15 is 0 Å². The minimum Gasteiger partial charge on any atom is -0.504 e. The molecule has 6 aliphatic rings. The van der Waals surface area contributed by atoms with Crippen molar-refractivity contribution in [3.63, 3.8) is 0 Å². The van der Waals surface area contributed by atoms with Gasteiger partial charge in [-0.05, 0) is 100 Å². The largest absolute Gasteiger partial charge is 0.504 e. The topological polar surface area (TPSA) is 213 Å². The van der Waals surface area contributed by atoms with E-state index in [2.05, 4.69) is 45.4 Å². The summed E-state index contributed by atoms with van der Waals surface area (Å²) in [5.41, 5.74) is 6.34. The van der Waals surface area contributed by atoms with Crippen LogP contribution >= 0.6 is 0 Å². The maximum Gasteiger partial charge on any atom is 0.261 e. The number of ether oxygens (including phenoxy) is 2. The van der Waals surface area contributed by atoms with Crippen LogP contribution in [0.25, 0.3) is 66.6 Å². The number of aromatic nitrogens is 6. The Morgan fingerprint density at radius 3 is 1.47 bits per heavy atom. The number of phenols is 2. The standard InChI is InChI=1S/C25H27N5O3.C23H23N5O3/c1-32-20-11-15-18(12-21(20)33-2)29-25(31)22(24-27-16-5-3-4-6-17(16)28-24)23(15)26-19-13-30-9-7-14(19)8-10-30;29-18-9-13-16(10-19(18)30)27-23(31)20(22-25-14-3-1-2-4-15(14)26-22)21(13)24-17-11-28-7-5-12(17)6-8-28/h3-6,11-12,14,19H,7-10,13H2,1-2H3,(H,27,28)(H2,26,29,31);1-4,9-10,12,17,29-30H,5-8,11H2,(H,25,26)(H2,24,27,31). The maximum atomic E-state index is 13.4. The second kappa shape index (κ2) is 15.9. The lowest BCUT2D eigenvalue weighted by molar-refractivity contribution is 0.0976. The molecule has 4 bridgehead atoms. The normalized spacial score (nSPS) is 22.5. The third kappa shape index (κ3) is 7.02. The monoisotopic (exact) mass is 862 g/mol. The molecule has 64 heavy (non-hydrogen) atoms. The quantitative estimate of drug-likeness (QED) is 0.0762. The van der Waals surface area contributed by atoms with E-state index in [1.165, 1.54) is 25.0 Å². The maximum absolute atomic E-state index is 13.4. The Morgan fingerprint density at radius 2 is 1.02 bits per heavy atom. The van der Waals surface area contributed by atoms with Gasteiger partial charge in [0.2, 0.25) is 0 Å². The van der Waals surface area contributed by atoms with Crippen LogP contribution in [0.1, 0.15) is 25.7 Å². The van der Waals surface area contributed by atoms with E-state index in [0.29, 0.717) is 68.2 Å². The molecule has 4 aromatic heterocycles. The highest BCUT2D eigenvalue weighted by atomic mass is 16.5. The van der Waals surface area contributed by atoms with E-state index in [9.17, 15) is 19.8 Å². The molecular weight excluding hydrogens is 813 g/mol. The van der Waals surface area contributed by atoms with Crippen LogP contribution in [0.5, 0.6) is 23.0 Å². The lowest BCUT2D eigenvalue weighted by Crippen LogP contribution is -2.53. The van der Waals surface area contributed by atoms with E-state index in [1.54, 1.807) is 14.2 Å². The van der Waals surface area contributed by atoms with Crippen LogP contribution in [0, 0.1) is 11.8 Å². The minimum atomic E-state index is -0.305. The van der Waals surface area contributed by atoms with Gasteiger partial charge in [0.05, 0.1) is 58.7 Å². The summed E-state index contributed by atoms with van der Waals surface area (Å²) < 4.78 is 11.1. The van der Waals surface area contributed by atoms with Crippen molar-refractivity contribution in [3.05, 3.63) is 93.5 Å². The summed E-state index contributed by atoms with van der Waals surface area (Å²) in [6, 6.07) is 22.6. The summed E-state index contributed by atoms with van der Waals surface area (Å²) in [5, 5.41) is 29.1. The van der Waals surface area contributed by atoms with Crippen LogP contribution < -0.4 is 31.2 Å². The van der Waals surface area contributed by atoms with Crippen molar-refractivity contribution in [1.29, 1.82) is 0 Å². The lowest BCUT2D eigenvalue weighted by atomic mass is 9.83. The number of anilines is 2. The van der Waals surface area contributed by atoms with E-state index in [1.807, 2.05) is 60.7 Å². The number of aromatic hydroxyl groups is 2. The summed E-state index contributed by atoms with van der Waals surface area (Å²) in [4.78, 5) is 53.5. The molecule has 10 heterocycles. The molecule has 2 unspecified atom stereocenters. The molecule has 6 saturated heterocycles. The van der Waals surface area contributed by atoms with Crippen LogP contribution in [0.15, 0.2) is 82.4 Å². The summed E-state index contributed by atoms with van der Waals surface area (Å²) in [7, 11) is 3.22. The molecule has 6 fully saturated rings. The van der Waals surface area contributed by atoms with Gasteiger partial charge < -0.3 is 60.1 Å². The number of phenolic OH excluding ortho intramolecular Hbond substituents is 2. The molecule has 2 atom stereocenters. The molecular formula is C48H50N10O6. The average Bonchev–Trinajstić information content (AvgIpc) is 3.95. The van der Waals surface area contributed by atoms with Crippen molar-refractivity contribution in [2.75, 3.05) is 64.1 Å². The number of nitrogens with one attached hydrogen (secondary N) is 6. The summed E-state index contributed by atoms with van der Waals surface area (Å²) in [6.07, 6.45) is 4.61. The summed E-state index contributed by atoms with van der Waals surface area (Å²) in [6.45, 7) is 6.43. The Morgan fingerprint density at radius 1 is 0.578 bits per heavy atom. The molecule has 328 valence electrons. The number of rotatable bonds is 8. The van der Waals surface area contributed by atoms with Crippen molar-refractivity contribution >= 4 is 55.2 Å². The highest BCUT2D eigenvalue weighted by molar-refractivity contribution is 6.02. The first-order chi connectivity index (χ1) is 31.2. The molecule has 8 N–H and O–H groups in total. The molecule has 8 aromatic rings. The Kier molecular flexibility index (Phi) is 9.91. The van der Waals surface area contributed by atoms with E-state index in [-0.39, 0.29) is 34.7 Å². The van der Waals surface area contributed by atoms with Crippen molar-refractivity contribution in [2.45, 2.75) is 37.8 Å².